The Bertz CT molecular complexity index is 335. The summed E-state index contributed by atoms with van der Waals surface area (Å²) in [6.45, 7) is 1.96. The molecule has 0 heterocycles. The van der Waals surface area contributed by atoms with Gasteiger partial charge in [-0.05, 0) is 5.56 Å². The minimum atomic E-state index is -1.87. The summed E-state index contributed by atoms with van der Waals surface area (Å²) in [4.78, 5) is 11.4. The second-order valence-corrected chi connectivity index (χ2v) is 3.74. The van der Waals surface area contributed by atoms with Crippen LogP contribution >= 0.6 is 0 Å². The van der Waals surface area contributed by atoms with Gasteiger partial charge in [0.15, 0.2) is 0 Å². The highest BCUT2D eigenvalue weighted by atomic mass is 16.6. The average Bonchev–Trinajstić information content (AvgIpc) is 2.27. The van der Waals surface area contributed by atoms with Gasteiger partial charge in [0.1, 0.15) is 6.61 Å². The van der Waals surface area contributed by atoms with Gasteiger partial charge in [-0.2, -0.15) is 0 Å². The summed E-state index contributed by atoms with van der Waals surface area (Å²) >= 11 is 0. The van der Waals surface area contributed by atoms with Crippen molar-refractivity contribution in [3.8, 4) is 0 Å². The van der Waals surface area contributed by atoms with E-state index in [0.717, 1.165) is 5.56 Å². The van der Waals surface area contributed by atoms with E-state index in [-0.39, 0.29) is 13.0 Å². The first-order chi connectivity index (χ1) is 7.56. The molecule has 0 radical (unpaired) electrons. The minimum Gasteiger partial charge on any atom is -0.458 e. The fourth-order valence-corrected chi connectivity index (χ4v) is 1.33. The Kier molecular flexibility index (Phi) is 4.46. The van der Waals surface area contributed by atoms with Crippen LogP contribution < -0.4 is 5.73 Å². The fraction of sp³-hybridized carbons (Fsp3) is 0.417. The zero-order valence-corrected chi connectivity index (χ0v) is 9.35. The standard InChI is InChI=1S/C12H17NO3/c1-2-8-12(13,15)11(14)16-9-10-6-4-3-5-7-10/h3-7,15H,2,8-9,13H2,1H3. The quantitative estimate of drug-likeness (QED) is 0.580. The summed E-state index contributed by atoms with van der Waals surface area (Å²) in [5.41, 5.74) is 4.41. The molecule has 1 unspecified atom stereocenters. The number of benzene rings is 1. The molecule has 0 aliphatic heterocycles. The van der Waals surface area contributed by atoms with Crippen molar-refractivity contribution in [3.05, 3.63) is 35.9 Å². The van der Waals surface area contributed by atoms with Gasteiger partial charge >= 0.3 is 5.97 Å². The number of aliphatic hydroxyl groups is 1. The molecule has 4 nitrogen and oxygen atoms in total. The largest absolute Gasteiger partial charge is 0.458 e. The molecule has 1 atom stereocenters. The van der Waals surface area contributed by atoms with Crippen molar-refractivity contribution in [1.82, 2.24) is 0 Å². The summed E-state index contributed by atoms with van der Waals surface area (Å²) in [6, 6.07) is 9.25. The summed E-state index contributed by atoms with van der Waals surface area (Å²) in [5.74, 6) is -0.779. The molecule has 0 saturated heterocycles. The van der Waals surface area contributed by atoms with Crippen LogP contribution in [0, 0.1) is 0 Å². The van der Waals surface area contributed by atoms with Crippen molar-refractivity contribution in [3.63, 3.8) is 0 Å². The molecule has 1 aromatic carbocycles. The van der Waals surface area contributed by atoms with Crippen molar-refractivity contribution >= 4 is 5.97 Å². The van der Waals surface area contributed by atoms with Gasteiger partial charge in [0, 0.05) is 6.42 Å². The minimum absolute atomic E-state index is 0.128. The number of carbonyl (C=O) groups excluding carboxylic acids is 1. The van der Waals surface area contributed by atoms with Crippen LogP contribution in [0.4, 0.5) is 0 Å². The molecule has 16 heavy (non-hydrogen) atoms. The summed E-state index contributed by atoms with van der Waals surface area (Å²) in [5, 5.41) is 9.56. The Morgan fingerprint density at radius 1 is 1.44 bits per heavy atom. The van der Waals surface area contributed by atoms with Gasteiger partial charge in [-0.15, -0.1) is 0 Å². The van der Waals surface area contributed by atoms with Gasteiger partial charge in [0.25, 0.3) is 0 Å². The Morgan fingerprint density at radius 2 is 2.06 bits per heavy atom. The summed E-state index contributed by atoms with van der Waals surface area (Å²) in [7, 11) is 0. The molecule has 4 heteroatoms. The van der Waals surface area contributed by atoms with E-state index in [1.165, 1.54) is 0 Å². The van der Waals surface area contributed by atoms with Crippen LogP contribution in [0.1, 0.15) is 25.3 Å². The molecule has 1 aromatic rings. The number of nitrogens with two attached hydrogens (primary N) is 1. The molecule has 0 amide bonds. The third kappa shape index (κ3) is 3.64. The summed E-state index contributed by atoms with van der Waals surface area (Å²) in [6.07, 6.45) is 0.814. The molecule has 0 aliphatic carbocycles. The zero-order valence-electron chi connectivity index (χ0n) is 9.35. The van der Waals surface area contributed by atoms with Crippen molar-refractivity contribution in [2.45, 2.75) is 32.1 Å². The number of carbonyl (C=O) groups is 1. The maximum absolute atomic E-state index is 11.4. The van der Waals surface area contributed by atoms with Crippen LogP contribution in [0.25, 0.3) is 0 Å². The van der Waals surface area contributed by atoms with Gasteiger partial charge in [-0.1, -0.05) is 43.7 Å². The molecule has 0 aliphatic rings. The lowest BCUT2D eigenvalue weighted by Gasteiger charge is -2.20. The Balaban J connectivity index is 2.47. The second-order valence-electron chi connectivity index (χ2n) is 3.74. The normalized spacial score (nSPS) is 14.2. The Labute approximate surface area is 95.0 Å². The molecule has 1 rings (SSSR count). The van der Waals surface area contributed by atoms with Crippen LogP contribution in [-0.4, -0.2) is 16.8 Å². The predicted molar refractivity (Wildman–Crippen MR) is 60.3 cm³/mol. The molecule has 0 aromatic heterocycles. The van der Waals surface area contributed by atoms with Gasteiger partial charge in [0.2, 0.25) is 5.72 Å². The highest BCUT2D eigenvalue weighted by molar-refractivity contribution is 5.78. The lowest BCUT2D eigenvalue weighted by Crippen LogP contribution is -2.48. The number of ether oxygens (including phenoxy) is 1. The van der Waals surface area contributed by atoms with E-state index in [0.29, 0.717) is 6.42 Å². The number of esters is 1. The third-order valence-corrected chi connectivity index (χ3v) is 2.20. The zero-order chi connectivity index (χ0) is 12.0. The van der Waals surface area contributed by atoms with Crippen LogP contribution in [0.2, 0.25) is 0 Å². The fourth-order valence-electron chi connectivity index (χ4n) is 1.33. The topological polar surface area (TPSA) is 72.5 Å². The molecule has 0 spiro atoms. The van der Waals surface area contributed by atoms with E-state index >= 15 is 0 Å². The van der Waals surface area contributed by atoms with E-state index in [9.17, 15) is 9.90 Å². The molecular formula is C12H17NO3. The van der Waals surface area contributed by atoms with Crippen LogP contribution in [0.5, 0.6) is 0 Å². The van der Waals surface area contributed by atoms with Crippen molar-refractivity contribution < 1.29 is 14.6 Å². The highest BCUT2D eigenvalue weighted by Crippen LogP contribution is 2.09. The van der Waals surface area contributed by atoms with Gasteiger partial charge in [-0.25, -0.2) is 4.79 Å². The van der Waals surface area contributed by atoms with Crippen molar-refractivity contribution in [2.75, 3.05) is 0 Å². The van der Waals surface area contributed by atoms with Crippen LogP contribution in [0.15, 0.2) is 30.3 Å². The number of hydrogen-bond donors (Lipinski definition) is 2. The van der Waals surface area contributed by atoms with Crippen molar-refractivity contribution in [2.24, 2.45) is 5.73 Å². The van der Waals surface area contributed by atoms with E-state index in [1.54, 1.807) is 0 Å². The van der Waals surface area contributed by atoms with Gasteiger partial charge in [0.05, 0.1) is 0 Å². The first-order valence-electron chi connectivity index (χ1n) is 5.28. The van der Waals surface area contributed by atoms with Gasteiger partial charge < -0.3 is 9.84 Å². The lowest BCUT2D eigenvalue weighted by molar-refractivity contribution is -0.167. The molecule has 88 valence electrons. The van der Waals surface area contributed by atoms with E-state index in [4.69, 9.17) is 10.5 Å². The van der Waals surface area contributed by atoms with E-state index in [2.05, 4.69) is 0 Å². The average molecular weight is 223 g/mol. The maximum Gasteiger partial charge on any atom is 0.353 e. The lowest BCUT2D eigenvalue weighted by atomic mass is 10.1. The highest BCUT2D eigenvalue weighted by Gasteiger charge is 2.31. The third-order valence-electron chi connectivity index (χ3n) is 2.20. The Morgan fingerprint density at radius 3 is 2.62 bits per heavy atom. The SMILES string of the molecule is CCCC(N)(O)C(=O)OCc1ccccc1. The van der Waals surface area contributed by atoms with Crippen LogP contribution in [-0.2, 0) is 16.1 Å². The molecule has 0 bridgehead atoms. The maximum atomic E-state index is 11.4. The van der Waals surface area contributed by atoms with E-state index in [1.807, 2.05) is 37.3 Å². The molecule has 0 fully saturated rings. The molecule has 0 saturated carbocycles. The first kappa shape index (κ1) is 12.7. The van der Waals surface area contributed by atoms with Gasteiger partial charge in [-0.3, -0.25) is 5.73 Å². The van der Waals surface area contributed by atoms with Crippen LogP contribution in [0.3, 0.4) is 0 Å². The van der Waals surface area contributed by atoms with E-state index < -0.39 is 11.7 Å². The monoisotopic (exact) mass is 223 g/mol. The molecule has 3 N–H and O–H groups in total. The second kappa shape index (κ2) is 5.63. The van der Waals surface area contributed by atoms with Crippen molar-refractivity contribution in [1.29, 1.82) is 0 Å². The smallest absolute Gasteiger partial charge is 0.353 e. The predicted octanol–water partition coefficient (Wildman–Crippen LogP) is 1.18. The Hall–Kier alpha value is -1.39. The first-order valence-corrected chi connectivity index (χ1v) is 5.28. The number of rotatable bonds is 5. The number of hydrogen-bond acceptors (Lipinski definition) is 4. The molecular weight excluding hydrogens is 206 g/mol. The summed E-state index contributed by atoms with van der Waals surface area (Å²) < 4.78 is 4.93.